The smallest absolute Gasteiger partial charge is 0.00816 e. The molecule has 3 unspecified atom stereocenters. The molecule has 0 bridgehead atoms. The van der Waals surface area contributed by atoms with Crippen molar-refractivity contribution in [3.05, 3.63) is 0 Å². The van der Waals surface area contributed by atoms with Crippen LogP contribution in [0.25, 0.3) is 0 Å². The molecule has 19 heavy (non-hydrogen) atoms. The number of hydrogen-bond donors (Lipinski definition) is 1. The van der Waals surface area contributed by atoms with Crippen molar-refractivity contribution in [2.24, 2.45) is 11.8 Å². The molecule has 1 heterocycles. The molecular weight excluding hydrogens is 232 g/mol. The third-order valence-electron chi connectivity index (χ3n) is 4.51. The molecule has 0 saturated carbocycles. The Morgan fingerprint density at radius 1 is 1.16 bits per heavy atom. The topological polar surface area (TPSA) is 15.3 Å². The van der Waals surface area contributed by atoms with Gasteiger partial charge in [-0.1, -0.05) is 20.8 Å². The molecule has 1 aliphatic heterocycles. The Morgan fingerprint density at radius 3 is 2.53 bits per heavy atom. The Kier molecular flexibility index (Phi) is 8.01. The van der Waals surface area contributed by atoms with Crippen molar-refractivity contribution in [1.29, 1.82) is 0 Å². The van der Waals surface area contributed by atoms with Gasteiger partial charge in [-0.25, -0.2) is 0 Å². The molecule has 0 aliphatic carbocycles. The van der Waals surface area contributed by atoms with E-state index < -0.39 is 0 Å². The summed E-state index contributed by atoms with van der Waals surface area (Å²) in [5.41, 5.74) is 0. The van der Waals surface area contributed by atoms with Gasteiger partial charge in [0, 0.05) is 18.6 Å². The van der Waals surface area contributed by atoms with Crippen molar-refractivity contribution in [3.8, 4) is 0 Å². The lowest BCUT2D eigenvalue weighted by Crippen LogP contribution is -2.47. The minimum Gasteiger partial charge on any atom is -0.311 e. The van der Waals surface area contributed by atoms with Crippen LogP contribution >= 0.6 is 0 Å². The van der Waals surface area contributed by atoms with Crippen LogP contribution in [-0.4, -0.2) is 36.6 Å². The average molecular weight is 268 g/mol. The molecule has 1 rings (SSSR count). The van der Waals surface area contributed by atoms with Crippen LogP contribution in [0.1, 0.15) is 66.7 Å². The normalized spacial score (nSPS) is 24.6. The van der Waals surface area contributed by atoms with Crippen LogP contribution in [-0.2, 0) is 0 Å². The fraction of sp³-hybridized carbons (Fsp3) is 1.00. The number of piperidine rings is 1. The fourth-order valence-electron chi connectivity index (χ4n) is 3.27. The standard InChI is InChI=1S/C17H36N2/c1-6-11-19-12-7-8-17(13-19)16(5)18-15(4)10-9-14(2)3/h14-18H,6-13H2,1-5H3. The Labute approximate surface area is 121 Å². The zero-order chi connectivity index (χ0) is 14.3. The summed E-state index contributed by atoms with van der Waals surface area (Å²) in [6.45, 7) is 15.6. The molecule has 3 atom stereocenters. The molecule has 2 heteroatoms. The number of hydrogen-bond acceptors (Lipinski definition) is 2. The lowest BCUT2D eigenvalue weighted by molar-refractivity contribution is 0.146. The van der Waals surface area contributed by atoms with Crippen molar-refractivity contribution < 1.29 is 0 Å². The van der Waals surface area contributed by atoms with Crippen molar-refractivity contribution in [1.82, 2.24) is 10.2 Å². The molecule has 1 aliphatic rings. The Morgan fingerprint density at radius 2 is 1.89 bits per heavy atom. The summed E-state index contributed by atoms with van der Waals surface area (Å²) < 4.78 is 0. The van der Waals surface area contributed by atoms with Crippen molar-refractivity contribution in [2.45, 2.75) is 78.8 Å². The van der Waals surface area contributed by atoms with Gasteiger partial charge in [0.05, 0.1) is 0 Å². The quantitative estimate of drug-likeness (QED) is 0.718. The van der Waals surface area contributed by atoms with Gasteiger partial charge in [-0.05, 0) is 70.9 Å². The highest BCUT2D eigenvalue weighted by Gasteiger charge is 2.24. The molecule has 0 radical (unpaired) electrons. The maximum absolute atomic E-state index is 3.84. The van der Waals surface area contributed by atoms with Crippen LogP contribution < -0.4 is 5.32 Å². The second-order valence-electron chi connectivity index (χ2n) is 7.03. The van der Waals surface area contributed by atoms with Gasteiger partial charge in [0.15, 0.2) is 0 Å². The van der Waals surface area contributed by atoms with E-state index in [4.69, 9.17) is 0 Å². The molecule has 0 aromatic rings. The minimum absolute atomic E-state index is 0.666. The molecule has 0 amide bonds. The molecule has 0 aromatic heterocycles. The third kappa shape index (κ3) is 6.76. The maximum Gasteiger partial charge on any atom is 0.00816 e. The van der Waals surface area contributed by atoms with Crippen LogP contribution in [0, 0.1) is 11.8 Å². The third-order valence-corrected chi connectivity index (χ3v) is 4.51. The van der Waals surface area contributed by atoms with Gasteiger partial charge in [0.25, 0.3) is 0 Å². The average Bonchev–Trinajstić information content (AvgIpc) is 2.37. The monoisotopic (exact) mass is 268 g/mol. The van der Waals surface area contributed by atoms with E-state index in [2.05, 4.69) is 44.8 Å². The van der Waals surface area contributed by atoms with E-state index in [1.165, 1.54) is 51.7 Å². The highest BCUT2D eigenvalue weighted by atomic mass is 15.1. The Bertz CT molecular complexity index is 225. The van der Waals surface area contributed by atoms with Gasteiger partial charge >= 0.3 is 0 Å². The summed E-state index contributed by atoms with van der Waals surface area (Å²) >= 11 is 0. The van der Waals surface area contributed by atoms with Gasteiger partial charge < -0.3 is 10.2 Å². The molecule has 2 nitrogen and oxygen atoms in total. The number of nitrogens with one attached hydrogen (secondary N) is 1. The lowest BCUT2D eigenvalue weighted by atomic mass is 9.90. The number of likely N-dealkylation sites (tertiary alicyclic amines) is 1. The highest BCUT2D eigenvalue weighted by molar-refractivity contribution is 4.81. The minimum atomic E-state index is 0.666. The summed E-state index contributed by atoms with van der Waals surface area (Å²) in [5, 5.41) is 3.84. The zero-order valence-electron chi connectivity index (χ0n) is 13.9. The second-order valence-corrected chi connectivity index (χ2v) is 7.03. The van der Waals surface area contributed by atoms with Crippen LogP contribution in [0.3, 0.4) is 0 Å². The van der Waals surface area contributed by atoms with E-state index in [0.29, 0.717) is 12.1 Å². The van der Waals surface area contributed by atoms with Gasteiger partial charge in [0.2, 0.25) is 0 Å². The van der Waals surface area contributed by atoms with Crippen molar-refractivity contribution >= 4 is 0 Å². The fourth-order valence-corrected chi connectivity index (χ4v) is 3.27. The van der Waals surface area contributed by atoms with Crippen molar-refractivity contribution in [2.75, 3.05) is 19.6 Å². The first-order valence-corrected chi connectivity index (χ1v) is 8.51. The SMILES string of the molecule is CCCN1CCCC(C(C)NC(C)CCC(C)C)C1. The molecule has 1 saturated heterocycles. The number of rotatable bonds is 8. The molecular formula is C17H36N2. The van der Waals surface area contributed by atoms with E-state index in [1.54, 1.807) is 0 Å². The predicted molar refractivity (Wildman–Crippen MR) is 85.6 cm³/mol. The van der Waals surface area contributed by atoms with Gasteiger partial charge in [-0.2, -0.15) is 0 Å². The molecule has 0 spiro atoms. The van der Waals surface area contributed by atoms with Gasteiger partial charge in [-0.15, -0.1) is 0 Å². The van der Waals surface area contributed by atoms with E-state index in [1.807, 2.05) is 0 Å². The Balaban J connectivity index is 2.29. The number of nitrogens with zero attached hydrogens (tertiary/aromatic N) is 1. The van der Waals surface area contributed by atoms with Gasteiger partial charge in [0.1, 0.15) is 0 Å². The van der Waals surface area contributed by atoms with Crippen LogP contribution in [0.15, 0.2) is 0 Å². The molecule has 114 valence electrons. The van der Waals surface area contributed by atoms with E-state index >= 15 is 0 Å². The summed E-state index contributed by atoms with van der Waals surface area (Å²) in [6.07, 6.45) is 6.74. The van der Waals surface area contributed by atoms with Crippen LogP contribution in [0.4, 0.5) is 0 Å². The first-order chi connectivity index (χ1) is 9.02. The molecule has 1 N–H and O–H groups in total. The first kappa shape index (κ1) is 17.0. The van der Waals surface area contributed by atoms with E-state index in [9.17, 15) is 0 Å². The summed E-state index contributed by atoms with van der Waals surface area (Å²) in [4.78, 5) is 2.66. The molecule has 1 fully saturated rings. The zero-order valence-corrected chi connectivity index (χ0v) is 13.9. The Hall–Kier alpha value is -0.0800. The van der Waals surface area contributed by atoms with Crippen LogP contribution in [0.2, 0.25) is 0 Å². The second kappa shape index (κ2) is 8.97. The lowest BCUT2D eigenvalue weighted by Gasteiger charge is -2.37. The predicted octanol–water partition coefficient (Wildman–Crippen LogP) is 3.91. The summed E-state index contributed by atoms with van der Waals surface area (Å²) in [7, 11) is 0. The van der Waals surface area contributed by atoms with E-state index in [-0.39, 0.29) is 0 Å². The molecule has 0 aromatic carbocycles. The van der Waals surface area contributed by atoms with Crippen LogP contribution in [0.5, 0.6) is 0 Å². The maximum atomic E-state index is 3.84. The summed E-state index contributed by atoms with van der Waals surface area (Å²) in [5.74, 6) is 1.68. The highest BCUT2D eigenvalue weighted by Crippen LogP contribution is 2.20. The summed E-state index contributed by atoms with van der Waals surface area (Å²) in [6, 6.07) is 1.33. The largest absolute Gasteiger partial charge is 0.311 e. The van der Waals surface area contributed by atoms with Gasteiger partial charge in [-0.3, -0.25) is 0 Å². The first-order valence-electron chi connectivity index (χ1n) is 8.51. The van der Waals surface area contributed by atoms with Crippen molar-refractivity contribution in [3.63, 3.8) is 0 Å². The van der Waals surface area contributed by atoms with E-state index in [0.717, 1.165) is 11.8 Å².